The molecular formula is C18H31N5O3. The second-order valence-corrected chi connectivity index (χ2v) is 8.42. The maximum absolute atomic E-state index is 12.7. The average molecular weight is 365 g/mol. The van der Waals surface area contributed by atoms with Crippen LogP contribution < -0.4 is 11.0 Å². The molecule has 1 saturated heterocycles. The lowest BCUT2D eigenvalue weighted by molar-refractivity contribution is 0.169. The number of carbonyl (C=O) groups excluding carboxylic acids is 1. The highest BCUT2D eigenvalue weighted by atomic mass is 16.5. The van der Waals surface area contributed by atoms with Crippen LogP contribution in [0.3, 0.4) is 0 Å². The van der Waals surface area contributed by atoms with E-state index < -0.39 is 0 Å². The van der Waals surface area contributed by atoms with Gasteiger partial charge in [-0.25, -0.2) is 14.3 Å². The third-order valence-corrected chi connectivity index (χ3v) is 4.87. The first-order chi connectivity index (χ1) is 12.3. The van der Waals surface area contributed by atoms with Gasteiger partial charge in [-0.2, -0.15) is 5.10 Å². The molecule has 2 amide bonds. The molecule has 2 heterocycles. The quantitative estimate of drug-likeness (QED) is 0.861. The van der Waals surface area contributed by atoms with E-state index in [0.29, 0.717) is 19.7 Å². The van der Waals surface area contributed by atoms with Crippen LogP contribution in [0, 0.1) is 0 Å². The van der Waals surface area contributed by atoms with Crippen molar-refractivity contribution >= 4 is 6.03 Å². The maximum atomic E-state index is 12.7. The van der Waals surface area contributed by atoms with Crippen LogP contribution in [0.15, 0.2) is 4.79 Å². The molecule has 3 rings (SSSR count). The Morgan fingerprint density at radius 3 is 2.65 bits per heavy atom. The van der Waals surface area contributed by atoms with E-state index in [-0.39, 0.29) is 29.2 Å². The van der Waals surface area contributed by atoms with Crippen molar-refractivity contribution in [1.29, 1.82) is 0 Å². The van der Waals surface area contributed by atoms with Crippen LogP contribution in [0.4, 0.5) is 4.79 Å². The van der Waals surface area contributed by atoms with E-state index in [4.69, 9.17) is 4.74 Å². The summed E-state index contributed by atoms with van der Waals surface area (Å²) in [5.74, 6) is 0.938. The van der Waals surface area contributed by atoms with E-state index >= 15 is 0 Å². The lowest BCUT2D eigenvalue weighted by Crippen LogP contribution is -2.51. The third-order valence-electron chi connectivity index (χ3n) is 4.87. The third kappa shape index (κ3) is 4.28. The number of nitrogens with zero attached hydrogens (tertiary/aromatic N) is 4. The molecule has 8 nitrogen and oxygen atoms in total. The van der Waals surface area contributed by atoms with Gasteiger partial charge < -0.3 is 15.0 Å². The number of aromatic nitrogens is 3. The van der Waals surface area contributed by atoms with Gasteiger partial charge in [0.05, 0.1) is 13.2 Å². The molecule has 26 heavy (non-hydrogen) atoms. The van der Waals surface area contributed by atoms with Gasteiger partial charge in [-0.1, -0.05) is 0 Å². The summed E-state index contributed by atoms with van der Waals surface area (Å²) in [6.07, 6.45) is 3.94. The summed E-state index contributed by atoms with van der Waals surface area (Å²) in [6.45, 7) is 8.22. The van der Waals surface area contributed by atoms with E-state index in [9.17, 15) is 9.59 Å². The van der Waals surface area contributed by atoms with Gasteiger partial charge in [0.25, 0.3) is 0 Å². The number of amides is 2. The topological polar surface area (TPSA) is 81.4 Å². The molecule has 1 atom stereocenters. The molecule has 1 N–H and O–H groups in total. The van der Waals surface area contributed by atoms with Crippen LogP contribution in [-0.2, 0) is 11.3 Å². The van der Waals surface area contributed by atoms with Gasteiger partial charge in [-0.05, 0) is 46.5 Å². The highest BCUT2D eigenvalue weighted by Gasteiger charge is 2.35. The number of hydrogen-bond acceptors (Lipinski definition) is 4. The van der Waals surface area contributed by atoms with Crippen molar-refractivity contribution in [2.45, 2.75) is 70.5 Å². The summed E-state index contributed by atoms with van der Waals surface area (Å²) in [4.78, 5) is 27.1. The summed E-state index contributed by atoms with van der Waals surface area (Å²) < 4.78 is 8.48. The highest BCUT2D eigenvalue weighted by Crippen LogP contribution is 2.37. The number of nitrogens with one attached hydrogen (secondary N) is 1. The fourth-order valence-electron chi connectivity index (χ4n) is 3.49. The standard InChI is InChI=1S/C18H31N5O3/c1-18(2,3)19-16(24)21-9-5-6-13(12-21)15-20-22(10-11-26-4)17(25)23(15)14-7-8-14/h13-14H,5-12H2,1-4H3,(H,19,24). The minimum Gasteiger partial charge on any atom is -0.383 e. The van der Waals surface area contributed by atoms with Crippen molar-refractivity contribution < 1.29 is 9.53 Å². The Morgan fingerprint density at radius 1 is 1.31 bits per heavy atom. The van der Waals surface area contributed by atoms with Crippen molar-refractivity contribution in [2.24, 2.45) is 0 Å². The van der Waals surface area contributed by atoms with Gasteiger partial charge >= 0.3 is 11.7 Å². The monoisotopic (exact) mass is 365 g/mol. The van der Waals surface area contributed by atoms with E-state index in [1.165, 1.54) is 4.68 Å². The average Bonchev–Trinajstić information content (AvgIpc) is 3.35. The second kappa shape index (κ2) is 7.42. The van der Waals surface area contributed by atoms with Crippen molar-refractivity contribution in [3.05, 3.63) is 16.3 Å². The smallest absolute Gasteiger partial charge is 0.346 e. The molecule has 1 aliphatic heterocycles. The SMILES string of the molecule is COCCn1nc(C2CCCN(C(=O)NC(C)(C)C)C2)n(C2CC2)c1=O. The first-order valence-electron chi connectivity index (χ1n) is 9.55. The van der Waals surface area contributed by atoms with Gasteiger partial charge in [-0.3, -0.25) is 4.57 Å². The molecular weight excluding hydrogens is 334 g/mol. The summed E-state index contributed by atoms with van der Waals surface area (Å²) in [5, 5.41) is 7.66. The zero-order chi connectivity index (χ0) is 18.9. The molecule has 0 bridgehead atoms. The number of carbonyl (C=O) groups is 1. The molecule has 1 aromatic heterocycles. The largest absolute Gasteiger partial charge is 0.383 e. The Kier molecular flexibility index (Phi) is 5.41. The summed E-state index contributed by atoms with van der Waals surface area (Å²) in [7, 11) is 1.62. The van der Waals surface area contributed by atoms with Crippen molar-refractivity contribution in [2.75, 3.05) is 26.8 Å². The molecule has 0 spiro atoms. The van der Waals surface area contributed by atoms with E-state index in [1.807, 2.05) is 30.2 Å². The molecule has 1 aromatic rings. The number of urea groups is 1. The summed E-state index contributed by atoms with van der Waals surface area (Å²) in [5.41, 5.74) is -0.308. The zero-order valence-electron chi connectivity index (χ0n) is 16.3. The highest BCUT2D eigenvalue weighted by molar-refractivity contribution is 5.75. The molecule has 2 fully saturated rings. The summed E-state index contributed by atoms with van der Waals surface area (Å²) >= 11 is 0. The van der Waals surface area contributed by atoms with Crippen LogP contribution in [0.25, 0.3) is 0 Å². The van der Waals surface area contributed by atoms with Crippen LogP contribution in [0.2, 0.25) is 0 Å². The molecule has 1 unspecified atom stereocenters. The van der Waals surface area contributed by atoms with Crippen LogP contribution in [-0.4, -0.2) is 57.6 Å². The number of likely N-dealkylation sites (tertiary alicyclic amines) is 1. The Bertz CT molecular complexity index is 699. The number of rotatable bonds is 5. The number of ether oxygens (including phenoxy) is 1. The van der Waals surface area contributed by atoms with Gasteiger partial charge in [0.15, 0.2) is 0 Å². The first kappa shape index (κ1) is 18.9. The van der Waals surface area contributed by atoms with Gasteiger partial charge in [0.1, 0.15) is 5.82 Å². The Labute approximate surface area is 154 Å². The molecule has 0 aromatic carbocycles. The minimum atomic E-state index is -0.262. The molecule has 2 aliphatic rings. The van der Waals surface area contributed by atoms with Gasteiger partial charge in [0.2, 0.25) is 0 Å². The van der Waals surface area contributed by atoms with Crippen LogP contribution in [0.1, 0.15) is 64.2 Å². The predicted molar refractivity (Wildman–Crippen MR) is 98.5 cm³/mol. The van der Waals surface area contributed by atoms with Crippen molar-refractivity contribution in [1.82, 2.24) is 24.6 Å². The van der Waals surface area contributed by atoms with E-state index in [2.05, 4.69) is 10.4 Å². The maximum Gasteiger partial charge on any atom is 0.346 e. The lowest BCUT2D eigenvalue weighted by atomic mass is 9.97. The molecule has 1 aliphatic carbocycles. The number of hydrogen-bond donors (Lipinski definition) is 1. The minimum absolute atomic E-state index is 0.0404. The lowest BCUT2D eigenvalue weighted by Gasteiger charge is -2.34. The van der Waals surface area contributed by atoms with Crippen LogP contribution >= 0.6 is 0 Å². The fourth-order valence-corrected chi connectivity index (χ4v) is 3.49. The Morgan fingerprint density at radius 2 is 2.04 bits per heavy atom. The Hall–Kier alpha value is -1.83. The summed E-state index contributed by atoms with van der Waals surface area (Å²) in [6, 6.07) is 0.230. The first-order valence-corrected chi connectivity index (χ1v) is 9.55. The van der Waals surface area contributed by atoms with E-state index in [0.717, 1.165) is 38.1 Å². The second-order valence-electron chi connectivity index (χ2n) is 8.42. The van der Waals surface area contributed by atoms with Gasteiger partial charge in [-0.15, -0.1) is 0 Å². The molecule has 146 valence electrons. The van der Waals surface area contributed by atoms with Crippen LogP contribution in [0.5, 0.6) is 0 Å². The molecule has 8 heteroatoms. The Balaban J connectivity index is 1.79. The van der Waals surface area contributed by atoms with Crippen molar-refractivity contribution in [3.63, 3.8) is 0 Å². The predicted octanol–water partition coefficient (Wildman–Crippen LogP) is 1.71. The van der Waals surface area contributed by atoms with E-state index in [1.54, 1.807) is 7.11 Å². The van der Waals surface area contributed by atoms with Crippen molar-refractivity contribution in [3.8, 4) is 0 Å². The normalized spacial score (nSPS) is 21.1. The van der Waals surface area contributed by atoms with Gasteiger partial charge in [0, 0.05) is 37.7 Å². The zero-order valence-corrected chi connectivity index (χ0v) is 16.3. The molecule has 0 radical (unpaired) electrons. The fraction of sp³-hybridized carbons (Fsp3) is 0.833. The number of methoxy groups -OCH3 is 1. The molecule has 1 saturated carbocycles. The number of piperidine rings is 1.